The molecule has 0 fully saturated rings. The lowest BCUT2D eigenvalue weighted by Crippen LogP contribution is -1.97. The third-order valence-corrected chi connectivity index (χ3v) is 3.09. The highest BCUT2D eigenvalue weighted by molar-refractivity contribution is 5.98. The van der Waals surface area contributed by atoms with E-state index in [9.17, 15) is 0 Å². The van der Waals surface area contributed by atoms with Gasteiger partial charge in [-0.1, -0.05) is 53.5 Å². The molecule has 0 bridgehead atoms. The molecule has 0 amide bonds. The molecule has 2 N–H and O–H groups in total. The predicted octanol–water partition coefficient (Wildman–Crippen LogP) is 3.70. The highest BCUT2D eigenvalue weighted by atomic mass is 16.6. The monoisotopic (exact) mass is 278 g/mol. The van der Waals surface area contributed by atoms with E-state index >= 15 is 0 Å². The van der Waals surface area contributed by atoms with Gasteiger partial charge in [-0.05, 0) is 31.0 Å². The summed E-state index contributed by atoms with van der Waals surface area (Å²) in [6.07, 6.45) is 0. The van der Waals surface area contributed by atoms with Crippen molar-refractivity contribution in [2.24, 2.45) is 5.16 Å². The molecule has 0 aliphatic heterocycles. The summed E-state index contributed by atoms with van der Waals surface area (Å²) in [4.78, 5) is 5.12. The summed E-state index contributed by atoms with van der Waals surface area (Å²) in [7, 11) is 0. The Morgan fingerprint density at radius 3 is 2.52 bits per heavy atom. The minimum absolute atomic E-state index is 0.312. The van der Waals surface area contributed by atoms with E-state index in [0.717, 1.165) is 28.1 Å². The predicted molar refractivity (Wildman–Crippen MR) is 87.9 cm³/mol. The van der Waals surface area contributed by atoms with Crippen LogP contribution in [0.5, 0.6) is 0 Å². The van der Waals surface area contributed by atoms with Crippen LogP contribution in [0.25, 0.3) is 11.1 Å². The fourth-order valence-corrected chi connectivity index (χ4v) is 1.94. The first-order valence-corrected chi connectivity index (χ1v) is 6.74. The molecule has 21 heavy (non-hydrogen) atoms. The van der Waals surface area contributed by atoms with Crippen LogP contribution < -0.4 is 5.73 Å². The molecule has 0 atom stereocenters. The van der Waals surface area contributed by atoms with Crippen LogP contribution in [0, 0.1) is 11.8 Å². The van der Waals surface area contributed by atoms with Crippen LogP contribution in [0.1, 0.15) is 19.4 Å². The van der Waals surface area contributed by atoms with Gasteiger partial charge >= 0.3 is 0 Å². The van der Waals surface area contributed by atoms with Gasteiger partial charge in [0.25, 0.3) is 0 Å². The van der Waals surface area contributed by atoms with Crippen molar-refractivity contribution in [2.45, 2.75) is 13.8 Å². The molecule has 2 aromatic rings. The molecule has 3 heteroatoms. The third-order valence-electron chi connectivity index (χ3n) is 3.09. The van der Waals surface area contributed by atoms with E-state index in [1.165, 1.54) is 0 Å². The second kappa shape index (κ2) is 7.16. The zero-order valence-corrected chi connectivity index (χ0v) is 12.3. The van der Waals surface area contributed by atoms with Crippen molar-refractivity contribution in [1.29, 1.82) is 0 Å². The fourth-order valence-electron chi connectivity index (χ4n) is 1.94. The maximum absolute atomic E-state index is 5.99. The average Bonchev–Trinajstić information content (AvgIpc) is 2.52. The first-order valence-electron chi connectivity index (χ1n) is 6.74. The molecule has 3 nitrogen and oxygen atoms in total. The van der Waals surface area contributed by atoms with Crippen molar-refractivity contribution in [3.05, 3.63) is 54.1 Å². The molecule has 2 rings (SSSR count). The summed E-state index contributed by atoms with van der Waals surface area (Å²) in [6, 6.07) is 15.9. The van der Waals surface area contributed by atoms with E-state index in [2.05, 4.69) is 17.0 Å². The van der Waals surface area contributed by atoms with Gasteiger partial charge < -0.3 is 10.6 Å². The summed E-state index contributed by atoms with van der Waals surface area (Å²) in [5.74, 6) is 5.55. The lowest BCUT2D eigenvalue weighted by atomic mass is 10.0. The number of anilines is 1. The number of oxime groups is 1. The van der Waals surface area contributed by atoms with Gasteiger partial charge in [0.15, 0.2) is 6.61 Å². The molecule has 0 aliphatic rings. The lowest BCUT2D eigenvalue weighted by Gasteiger charge is -2.07. The second-order valence-corrected chi connectivity index (χ2v) is 4.54. The highest BCUT2D eigenvalue weighted by Gasteiger charge is 2.03. The quantitative estimate of drug-likeness (QED) is 0.305. The SMILES string of the molecule is CC#CCO/N=C(/C)c1ccc(-c2ccccc2N)cc1. The first-order chi connectivity index (χ1) is 10.2. The average molecular weight is 278 g/mol. The normalized spacial score (nSPS) is 10.7. The van der Waals surface area contributed by atoms with Crippen LogP contribution in [0.4, 0.5) is 5.69 Å². The summed E-state index contributed by atoms with van der Waals surface area (Å²) in [5.41, 5.74) is 10.7. The van der Waals surface area contributed by atoms with Gasteiger partial charge in [0.05, 0.1) is 5.71 Å². The first kappa shape index (κ1) is 14.7. The molecule has 106 valence electrons. The molecule has 0 radical (unpaired) electrons. The molecule has 0 aromatic heterocycles. The van der Waals surface area contributed by atoms with Crippen LogP contribution in [-0.4, -0.2) is 12.3 Å². The maximum atomic E-state index is 5.99. The molecule has 0 aliphatic carbocycles. The number of benzene rings is 2. The van der Waals surface area contributed by atoms with Gasteiger partial charge in [-0.2, -0.15) is 0 Å². The second-order valence-electron chi connectivity index (χ2n) is 4.54. The van der Waals surface area contributed by atoms with Crippen LogP contribution in [-0.2, 0) is 4.84 Å². The molecule has 0 saturated heterocycles. The number of nitrogen functional groups attached to an aromatic ring is 1. The number of para-hydroxylation sites is 1. The molecule has 0 heterocycles. The van der Waals surface area contributed by atoms with Crippen LogP contribution in [0.2, 0.25) is 0 Å². The summed E-state index contributed by atoms with van der Waals surface area (Å²) < 4.78 is 0. The fraction of sp³-hybridized carbons (Fsp3) is 0.167. The van der Waals surface area contributed by atoms with E-state index in [1.807, 2.05) is 55.5 Å². The molecular weight excluding hydrogens is 260 g/mol. The topological polar surface area (TPSA) is 47.6 Å². The van der Waals surface area contributed by atoms with Crippen LogP contribution in [0.3, 0.4) is 0 Å². The molecule has 2 aromatic carbocycles. The minimum atomic E-state index is 0.312. The van der Waals surface area contributed by atoms with Gasteiger partial charge in [-0.3, -0.25) is 0 Å². The van der Waals surface area contributed by atoms with Gasteiger partial charge in [-0.25, -0.2) is 0 Å². The number of nitrogens with two attached hydrogens (primary N) is 1. The molecular formula is C18H18N2O. The summed E-state index contributed by atoms with van der Waals surface area (Å²) in [5, 5.41) is 4.04. The van der Waals surface area contributed by atoms with Crippen molar-refractivity contribution in [3.8, 4) is 23.0 Å². The van der Waals surface area contributed by atoms with Crippen molar-refractivity contribution in [3.63, 3.8) is 0 Å². The highest BCUT2D eigenvalue weighted by Crippen LogP contribution is 2.25. The zero-order chi connectivity index (χ0) is 15.1. The van der Waals surface area contributed by atoms with E-state index in [4.69, 9.17) is 10.6 Å². The Morgan fingerprint density at radius 2 is 1.86 bits per heavy atom. The standard InChI is InChI=1S/C18H18N2O/c1-3-4-13-21-20-14(2)15-9-11-16(12-10-15)17-7-5-6-8-18(17)19/h5-12H,13,19H2,1-2H3/b20-14-. The number of hydrogen-bond donors (Lipinski definition) is 1. The van der Waals surface area contributed by atoms with Gasteiger partial charge in [0.1, 0.15) is 0 Å². The third kappa shape index (κ3) is 3.87. The van der Waals surface area contributed by atoms with Gasteiger partial charge in [0.2, 0.25) is 0 Å². The molecule has 0 spiro atoms. The van der Waals surface area contributed by atoms with Crippen LogP contribution >= 0.6 is 0 Å². The van der Waals surface area contributed by atoms with Crippen molar-refractivity contribution >= 4 is 11.4 Å². The Hall–Kier alpha value is -2.73. The van der Waals surface area contributed by atoms with E-state index < -0.39 is 0 Å². The van der Waals surface area contributed by atoms with E-state index in [-0.39, 0.29) is 0 Å². The Balaban J connectivity index is 2.15. The summed E-state index contributed by atoms with van der Waals surface area (Å²) >= 11 is 0. The van der Waals surface area contributed by atoms with Crippen molar-refractivity contribution in [1.82, 2.24) is 0 Å². The van der Waals surface area contributed by atoms with Crippen molar-refractivity contribution < 1.29 is 4.84 Å². The van der Waals surface area contributed by atoms with Crippen molar-refractivity contribution in [2.75, 3.05) is 12.3 Å². The van der Waals surface area contributed by atoms with E-state index in [0.29, 0.717) is 6.61 Å². The molecule has 0 unspecified atom stereocenters. The Labute approximate surface area is 125 Å². The van der Waals surface area contributed by atoms with Gasteiger partial charge in [0, 0.05) is 11.3 Å². The minimum Gasteiger partial charge on any atom is -0.398 e. The zero-order valence-electron chi connectivity index (χ0n) is 12.3. The Kier molecular flexibility index (Phi) is 5.00. The smallest absolute Gasteiger partial charge is 0.177 e. The lowest BCUT2D eigenvalue weighted by molar-refractivity contribution is 0.180. The largest absolute Gasteiger partial charge is 0.398 e. The maximum Gasteiger partial charge on any atom is 0.177 e. The Bertz CT molecular complexity index is 691. The van der Waals surface area contributed by atoms with Gasteiger partial charge in [-0.15, -0.1) is 5.92 Å². The molecule has 0 saturated carbocycles. The number of nitrogens with zero attached hydrogens (tertiary/aromatic N) is 1. The summed E-state index contributed by atoms with van der Waals surface area (Å²) in [6.45, 7) is 3.99. The number of rotatable bonds is 4. The van der Waals surface area contributed by atoms with E-state index in [1.54, 1.807) is 6.92 Å². The van der Waals surface area contributed by atoms with Crippen LogP contribution in [0.15, 0.2) is 53.7 Å². The number of hydrogen-bond acceptors (Lipinski definition) is 3. The Morgan fingerprint density at radius 1 is 1.14 bits per heavy atom.